The van der Waals surface area contributed by atoms with Gasteiger partial charge in [-0.3, -0.25) is 0 Å². The van der Waals surface area contributed by atoms with Crippen molar-refractivity contribution >= 4 is 0 Å². The van der Waals surface area contributed by atoms with Crippen molar-refractivity contribution in [2.24, 2.45) is 0 Å². The topological polar surface area (TPSA) is 72.7 Å². The SMILES string of the molecule is CCCCNCCCC.CCO.CCO.CCO. The monoisotopic (exact) mass is 267 g/mol. The van der Waals surface area contributed by atoms with Gasteiger partial charge in [-0.2, -0.15) is 0 Å². The average molecular weight is 267 g/mol. The second kappa shape index (κ2) is 43.6. The number of hydrogen-bond acceptors (Lipinski definition) is 4. The maximum Gasteiger partial charge on any atom is 0.0402 e. The van der Waals surface area contributed by atoms with E-state index in [1.54, 1.807) is 20.8 Å². The molecule has 0 heterocycles. The number of nitrogens with one attached hydrogen (secondary N) is 1. The van der Waals surface area contributed by atoms with E-state index < -0.39 is 0 Å². The van der Waals surface area contributed by atoms with Crippen molar-refractivity contribution in [2.45, 2.75) is 60.3 Å². The van der Waals surface area contributed by atoms with Gasteiger partial charge in [0.15, 0.2) is 0 Å². The van der Waals surface area contributed by atoms with Crippen LogP contribution in [0, 0.1) is 0 Å². The molecule has 0 aliphatic heterocycles. The van der Waals surface area contributed by atoms with E-state index in [9.17, 15) is 0 Å². The minimum absolute atomic E-state index is 0.250. The Kier molecular flexibility index (Phi) is 64.0. The number of aliphatic hydroxyl groups excluding tert-OH is 3. The van der Waals surface area contributed by atoms with Crippen molar-refractivity contribution in [2.75, 3.05) is 32.9 Å². The van der Waals surface area contributed by atoms with Crippen molar-refractivity contribution in [1.82, 2.24) is 5.32 Å². The van der Waals surface area contributed by atoms with Gasteiger partial charge in [-0.25, -0.2) is 0 Å². The van der Waals surface area contributed by atoms with Gasteiger partial charge in [0.1, 0.15) is 0 Å². The largest absolute Gasteiger partial charge is 0.397 e. The van der Waals surface area contributed by atoms with Crippen LogP contribution in [0.3, 0.4) is 0 Å². The Bertz CT molecular complexity index is 72.7. The number of unbranched alkanes of at least 4 members (excludes halogenated alkanes) is 2. The van der Waals surface area contributed by atoms with Crippen molar-refractivity contribution in [3.63, 3.8) is 0 Å². The molecule has 0 saturated carbocycles. The molecule has 0 aliphatic carbocycles. The highest BCUT2D eigenvalue weighted by Gasteiger charge is 1.83. The molecule has 4 N–H and O–H groups in total. The fraction of sp³-hybridized carbons (Fsp3) is 1.00. The lowest BCUT2D eigenvalue weighted by Crippen LogP contribution is -2.15. The van der Waals surface area contributed by atoms with Gasteiger partial charge < -0.3 is 20.6 Å². The van der Waals surface area contributed by atoms with Gasteiger partial charge in [-0.15, -0.1) is 0 Å². The molecular weight excluding hydrogens is 230 g/mol. The lowest BCUT2D eigenvalue weighted by atomic mass is 10.3. The predicted molar refractivity (Wildman–Crippen MR) is 81.0 cm³/mol. The summed E-state index contributed by atoms with van der Waals surface area (Å²) in [4.78, 5) is 0. The van der Waals surface area contributed by atoms with E-state index in [2.05, 4.69) is 19.2 Å². The van der Waals surface area contributed by atoms with Crippen LogP contribution in [0.2, 0.25) is 0 Å². The van der Waals surface area contributed by atoms with Crippen LogP contribution in [-0.2, 0) is 0 Å². The highest BCUT2D eigenvalue weighted by molar-refractivity contribution is 4.45. The van der Waals surface area contributed by atoms with Gasteiger partial charge >= 0.3 is 0 Å². The number of hydrogen-bond donors (Lipinski definition) is 4. The summed E-state index contributed by atoms with van der Waals surface area (Å²) < 4.78 is 0. The molecular formula is C14H37NO3. The van der Waals surface area contributed by atoms with Crippen molar-refractivity contribution in [3.8, 4) is 0 Å². The molecule has 0 rings (SSSR count). The van der Waals surface area contributed by atoms with E-state index in [4.69, 9.17) is 15.3 Å². The second-order valence-electron chi connectivity index (χ2n) is 3.41. The molecule has 0 fully saturated rings. The Morgan fingerprint density at radius 3 is 1.00 bits per heavy atom. The van der Waals surface area contributed by atoms with E-state index in [1.165, 1.54) is 38.8 Å². The fourth-order valence-electron chi connectivity index (χ4n) is 0.729. The molecule has 0 bridgehead atoms. The number of rotatable bonds is 6. The zero-order chi connectivity index (χ0) is 15.1. The molecule has 0 aromatic heterocycles. The fourth-order valence-corrected chi connectivity index (χ4v) is 0.729. The van der Waals surface area contributed by atoms with Crippen LogP contribution in [0.4, 0.5) is 0 Å². The molecule has 0 aromatic rings. The summed E-state index contributed by atoms with van der Waals surface area (Å²) in [6.07, 6.45) is 5.26. The summed E-state index contributed by atoms with van der Waals surface area (Å²) in [5.41, 5.74) is 0. The lowest BCUT2D eigenvalue weighted by molar-refractivity contribution is 0.318. The molecule has 0 aromatic carbocycles. The Labute approximate surface area is 114 Å². The van der Waals surface area contributed by atoms with Crippen LogP contribution in [0.1, 0.15) is 60.3 Å². The van der Waals surface area contributed by atoms with Crippen LogP contribution in [-0.4, -0.2) is 48.2 Å². The van der Waals surface area contributed by atoms with Crippen LogP contribution < -0.4 is 5.32 Å². The van der Waals surface area contributed by atoms with E-state index in [0.717, 1.165) is 0 Å². The zero-order valence-corrected chi connectivity index (χ0v) is 13.2. The Hall–Kier alpha value is -0.160. The van der Waals surface area contributed by atoms with E-state index >= 15 is 0 Å². The third-order valence-electron chi connectivity index (χ3n) is 1.41. The van der Waals surface area contributed by atoms with Gasteiger partial charge in [0.2, 0.25) is 0 Å². The predicted octanol–water partition coefficient (Wildman–Crippen LogP) is 2.17. The summed E-state index contributed by atoms with van der Waals surface area (Å²) in [7, 11) is 0. The Morgan fingerprint density at radius 1 is 0.611 bits per heavy atom. The quantitative estimate of drug-likeness (QED) is 0.557. The summed E-state index contributed by atoms with van der Waals surface area (Å²) in [6, 6.07) is 0. The summed E-state index contributed by atoms with van der Waals surface area (Å²) >= 11 is 0. The zero-order valence-electron chi connectivity index (χ0n) is 13.2. The molecule has 4 nitrogen and oxygen atoms in total. The molecule has 116 valence electrons. The van der Waals surface area contributed by atoms with Crippen LogP contribution in [0.15, 0.2) is 0 Å². The second-order valence-corrected chi connectivity index (χ2v) is 3.41. The van der Waals surface area contributed by atoms with E-state index in [1.807, 2.05) is 0 Å². The molecule has 0 spiro atoms. The molecule has 0 atom stereocenters. The third kappa shape index (κ3) is 102. The standard InChI is InChI=1S/C8H19N.3C2H6O/c1-3-5-7-9-8-6-4-2;3*1-2-3/h9H,3-8H2,1-2H3;3*3H,2H2,1H3. The molecule has 0 unspecified atom stereocenters. The first kappa shape index (κ1) is 26.4. The number of aliphatic hydroxyl groups is 3. The first-order valence-electron chi connectivity index (χ1n) is 7.19. The van der Waals surface area contributed by atoms with Crippen LogP contribution in [0.25, 0.3) is 0 Å². The van der Waals surface area contributed by atoms with E-state index in [-0.39, 0.29) is 19.8 Å². The highest BCUT2D eigenvalue weighted by atomic mass is 16.3. The minimum atomic E-state index is 0.250. The van der Waals surface area contributed by atoms with Gasteiger partial charge in [0.05, 0.1) is 0 Å². The smallest absolute Gasteiger partial charge is 0.0402 e. The van der Waals surface area contributed by atoms with Crippen LogP contribution in [0.5, 0.6) is 0 Å². The first-order chi connectivity index (χ1) is 8.66. The Balaban J connectivity index is -0.0000000902. The molecule has 0 amide bonds. The van der Waals surface area contributed by atoms with Gasteiger partial charge in [0, 0.05) is 19.8 Å². The van der Waals surface area contributed by atoms with Crippen LogP contribution >= 0.6 is 0 Å². The first-order valence-corrected chi connectivity index (χ1v) is 7.19. The maximum atomic E-state index is 7.57. The summed E-state index contributed by atoms with van der Waals surface area (Å²) in [5.74, 6) is 0. The van der Waals surface area contributed by atoms with Gasteiger partial charge in [-0.05, 0) is 46.7 Å². The molecule has 0 saturated heterocycles. The van der Waals surface area contributed by atoms with Crippen molar-refractivity contribution < 1.29 is 15.3 Å². The van der Waals surface area contributed by atoms with Crippen molar-refractivity contribution in [1.29, 1.82) is 0 Å². The maximum absolute atomic E-state index is 7.57. The molecule has 0 radical (unpaired) electrons. The molecule has 18 heavy (non-hydrogen) atoms. The molecule has 4 heteroatoms. The van der Waals surface area contributed by atoms with Crippen molar-refractivity contribution in [3.05, 3.63) is 0 Å². The normalized spacial score (nSPS) is 8.00. The summed E-state index contributed by atoms with van der Waals surface area (Å²) in [5, 5.41) is 26.1. The molecule has 0 aliphatic rings. The van der Waals surface area contributed by atoms with E-state index in [0.29, 0.717) is 0 Å². The average Bonchev–Trinajstić information content (AvgIpc) is 2.32. The third-order valence-corrected chi connectivity index (χ3v) is 1.41. The highest BCUT2D eigenvalue weighted by Crippen LogP contribution is 1.85. The summed E-state index contributed by atoms with van der Waals surface area (Å²) in [6.45, 7) is 12.6. The van der Waals surface area contributed by atoms with Gasteiger partial charge in [-0.1, -0.05) is 26.7 Å². The van der Waals surface area contributed by atoms with Gasteiger partial charge in [0.25, 0.3) is 0 Å². The Morgan fingerprint density at radius 2 is 0.833 bits per heavy atom. The minimum Gasteiger partial charge on any atom is -0.397 e. The lowest BCUT2D eigenvalue weighted by Gasteiger charge is -1.99.